The number of para-hydroxylation sites is 1. The lowest BCUT2D eigenvalue weighted by atomic mass is 9.67. The van der Waals surface area contributed by atoms with Gasteiger partial charge in [-0.25, -0.2) is 0 Å². The lowest BCUT2D eigenvalue weighted by molar-refractivity contribution is 0.353. The fourth-order valence-corrected chi connectivity index (χ4v) is 7.83. The van der Waals surface area contributed by atoms with Crippen LogP contribution in [0.1, 0.15) is 68.2 Å². The lowest BCUT2D eigenvalue weighted by Crippen LogP contribution is -2.28. The molecule has 0 atom stereocenters. The van der Waals surface area contributed by atoms with Crippen LogP contribution in [0, 0.1) is 0 Å². The van der Waals surface area contributed by atoms with Crippen molar-refractivity contribution >= 4 is 0 Å². The van der Waals surface area contributed by atoms with E-state index in [1.165, 1.54) is 76.6 Å². The zero-order chi connectivity index (χ0) is 26.9. The Labute approximate surface area is 237 Å². The molecule has 5 aromatic carbocycles. The number of ether oxygens (including phenoxy) is 1. The maximum absolute atomic E-state index is 6.32. The quantitative estimate of drug-likeness (QED) is 0.226. The Balaban J connectivity index is 1.20. The first kappa shape index (κ1) is 23.8. The van der Waals surface area contributed by atoms with Crippen molar-refractivity contribution in [2.75, 3.05) is 0 Å². The molecule has 196 valence electrons. The van der Waals surface area contributed by atoms with Crippen molar-refractivity contribution < 1.29 is 4.74 Å². The number of hydrogen-bond acceptors (Lipinski definition) is 1. The minimum Gasteiger partial charge on any atom is -0.457 e. The predicted octanol–water partition coefficient (Wildman–Crippen LogP) is 10.7. The Bertz CT molecular complexity index is 1780. The van der Waals surface area contributed by atoms with E-state index in [2.05, 4.69) is 117 Å². The molecule has 1 nitrogen and oxygen atoms in total. The number of benzene rings is 5. The average Bonchev–Trinajstić information content (AvgIpc) is 3.26. The Hall–Kier alpha value is -4.10. The Morgan fingerprint density at radius 1 is 0.475 bits per heavy atom. The second-order valence-electron chi connectivity index (χ2n) is 12.5. The molecule has 1 spiro atoms. The van der Waals surface area contributed by atoms with Crippen LogP contribution in [-0.4, -0.2) is 0 Å². The molecule has 1 fully saturated rings. The third-order valence-electron chi connectivity index (χ3n) is 9.94. The highest BCUT2D eigenvalue weighted by Gasteiger charge is 2.43. The zero-order valence-corrected chi connectivity index (χ0v) is 23.3. The van der Waals surface area contributed by atoms with E-state index in [1.807, 2.05) is 6.07 Å². The van der Waals surface area contributed by atoms with Crippen LogP contribution >= 0.6 is 0 Å². The highest BCUT2D eigenvalue weighted by Crippen LogP contribution is 2.56. The molecule has 0 radical (unpaired) electrons. The highest BCUT2D eigenvalue weighted by molar-refractivity contribution is 5.85. The van der Waals surface area contributed by atoms with Crippen LogP contribution in [0.2, 0.25) is 0 Å². The molecule has 8 rings (SSSR count). The lowest BCUT2D eigenvalue weighted by Gasteiger charge is -2.36. The van der Waals surface area contributed by atoms with Crippen molar-refractivity contribution in [2.24, 2.45) is 0 Å². The van der Waals surface area contributed by atoms with Crippen molar-refractivity contribution in [1.29, 1.82) is 0 Å². The Kier molecular flexibility index (Phi) is 5.17. The molecule has 0 bridgehead atoms. The van der Waals surface area contributed by atoms with Gasteiger partial charge in [0.1, 0.15) is 11.5 Å². The summed E-state index contributed by atoms with van der Waals surface area (Å²) in [5.41, 5.74) is 13.6. The summed E-state index contributed by atoms with van der Waals surface area (Å²) >= 11 is 0. The summed E-state index contributed by atoms with van der Waals surface area (Å²) in [7, 11) is 0. The predicted molar refractivity (Wildman–Crippen MR) is 165 cm³/mol. The van der Waals surface area contributed by atoms with E-state index in [4.69, 9.17) is 4.74 Å². The maximum Gasteiger partial charge on any atom is 0.131 e. The van der Waals surface area contributed by atoms with E-state index in [0.29, 0.717) is 0 Å². The van der Waals surface area contributed by atoms with Crippen LogP contribution < -0.4 is 4.74 Å². The molecule has 2 aliphatic carbocycles. The summed E-state index contributed by atoms with van der Waals surface area (Å²) in [4.78, 5) is 0. The van der Waals surface area contributed by atoms with Gasteiger partial charge in [0, 0.05) is 22.0 Å². The monoisotopic (exact) mass is 518 g/mol. The largest absolute Gasteiger partial charge is 0.457 e. The van der Waals surface area contributed by atoms with Gasteiger partial charge in [0.25, 0.3) is 0 Å². The standard InChI is InChI=1S/C39H34O/c1-38(2)33-15-6-7-16-36(33)40-37-20-18-29(25-35(37)38)27-12-10-11-26(23-27)28-17-19-31-30-13-4-5-14-32(30)39(34(31)24-28)21-8-3-9-22-39/h4-7,10-20,23-25H,3,8-9,21-22H2,1-2H3. The van der Waals surface area contributed by atoms with E-state index in [1.54, 1.807) is 11.1 Å². The third-order valence-corrected chi connectivity index (χ3v) is 9.94. The molecule has 0 N–H and O–H groups in total. The SMILES string of the molecule is CC1(C)c2ccccc2Oc2ccc(-c3cccc(-c4ccc5c(c4)C4(CCCCC4)c4ccccc4-5)c3)cc21. The second-order valence-corrected chi connectivity index (χ2v) is 12.5. The Morgan fingerprint density at radius 3 is 1.88 bits per heavy atom. The second kappa shape index (κ2) is 8.70. The van der Waals surface area contributed by atoms with E-state index in [-0.39, 0.29) is 10.8 Å². The minimum atomic E-state index is -0.124. The minimum absolute atomic E-state index is 0.124. The molecule has 0 amide bonds. The van der Waals surface area contributed by atoms with Crippen LogP contribution in [0.15, 0.2) is 109 Å². The molecule has 0 unspecified atom stereocenters. The average molecular weight is 519 g/mol. The number of fused-ring (bicyclic) bond motifs is 7. The fraction of sp³-hybridized carbons (Fsp3) is 0.231. The van der Waals surface area contributed by atoms with Crippen LogP contribution in [-0.2, 0) is 10.8 Å². The van der Waals surface area contributed by atoms with Crippen LogP contribution in [0.5, 0.6) is 11.5 Å². The highest BCUT2D eigenvalue weighted by atomic mass is 16.5. The molecular formula is C39H34O. The molecule has 5 aromatic rings. The van der Waals surface area contributed by atoms with Gasteiger partial charge in [-0.1, -0.05) is 112 Å². The topological polar surface area (TPSA) is 9.23 Å². The van der Waals surface area contributed by atoms with Crippen LogP contribution in [0.3, 0.4) is 0 Å². The van der Waals surface area contributed by atoms with Crippen LogP contribution in [0.4, 0.5) is 0 Å². The van der Waals surface area contributed by atoms with E-state index >= 15 is 0 Å². The summed E-state index contributed by atoms with van der Waals surface area (Å²) in [6.07, 6.45) is 6.51. The summed E-state index contributed by atoms with van der Waals surface area (Å²) in [5.74, 6) is 1.92. The van der Waals surface area contributed by atoms with Crippen molar-refractivity contribution in [3.63, 3.8) is 0 Å². The van der Waals surface area contributed by atoms with Gasteiger partial charge < -0.3 is 4.74 Å². The summed E-state index contributed by atoms with van der Waals surface area (Å²) in [6.45, 7) is 4.61. The normalized spacial score (nSPS) is 17.4. The van der Waals surface area contributed by atoms with Crippen molar-refractivity contribution in [3.05, 3.63) is 131 Å². The Morgan fingerprint density at radius 2 is 1.07 bits per heavy atom. The molecule has 3 aliphatic rings. The smallest absolute Gasteiger partial charge is 0.131 e. The first-order valence-corrected chi connectivity index (χ1v) is 14.8. The van der Waals surface area contributed by atoms with Crippen molar-refractivity contribution in [2.45, 2.75) is 56.8 Å². The van der Waals surface area contributed by atoms with Gasteiger partial charge in [-0.15, -0.1) is 0 Å². The third kappa shape index (κ3) is 3.40. The van der Waals surface area contributed by atoms with Gasteiger partial charge in [-0.05, 0) is 87.7 Å². The zero-order valence-electron chi connectivity index (χ0n) is 23.3. The van der Waals surface area contributed by atoms with Gasteiger partial charge in [0.2, 0.25) is 0 Å². The number of rotatable bonds is 2. The summed E-state index contributed by atoms with van der Waals surface area (Å²) in [6, 6.07) is 40.6. The van der Waals surface area contributed by atoms with Gasteiger partial charge in [0.15, 0.2) is 0 Å². The van der Waals surface area contributed by atoms with Gasteiger partial charge in [-0.2, -0.15) is 0 Å². The summed E-state index contributed by atoms with van der Waals surface area (Å²) in [5, 5.41) is 0. The molecule has 1 saturated carbocycles. The van der Waals surface area contributed by atoms with E-state index < -0.39 is 0 Å². The summed E-state index contributed by atoms with van der Waals surface area (Å²) < 4.78 is 6.32. The fourth-order valence-electron chi connectivity index (χ4n) is 7.83. The maximum atomic E-state index is 6.32. The molecule has 0 aromatic heterocycles. The van der Waals surface area contributed by atoms with E-state index in [0.717, 1.165) is 11.5 Å². The van der Waals surface area contributed by atoms with Crippen LogP contribution in [0.25, 0.3) is 33.4 Å². The molecule has 40 heavy (non-hydrogen) atoms. The van der Waals surface area contributed by atoms with Crippen molar-refractivity contribution in [3.8, 4) is 44.9 Å². The molecule has 1 heterocycles. The molecular weight excluding hydrogens is 484 g/mol. The first-order valence-electron chi connectivity index (χ1n) is 14.8. The van der Waals surface area contributed by atoms with Gasteiger partial charge in [0.05, 0.1) is 0 Å². The van der Waals surface area contributed by atoms with E-state index in [9.17, 15) is 0 Å². The van der Waals surface area contributed by atoms with Crippen molar-refractivity contribution in [1.82, 2.24) is 0 Å². The molecule has 1 aliphatic heterocycles. The molecule has 0 saturated heterocycles. The van der Waals surface area contributed by atoms with Gasteiger partial charge >= 0.3 is 0 Å². The number of hydrogen-bond donors (Lipinski definition) is 0. The van der Waals surface area contributed by atoms with Gasteiger partial charge in [-0.3, -0.25) is 0 Å². The first-order chi connectivity index (χ1) is 19.5. The molecule has 1 heteroatoms.